The van der Waals surface area contributed by atoms with Gasteiger partial charge in [0.2, 0.25) is 5.91 Å². The van der Waals surface area contributed by atoms with Gasteiger partial charge in [-0.25, -0.2) is 4.68 Å². The Morgan fingerprint density at radius 3 is 2.89 bits per heavy atom. The lowest BCUT2D eigenvalue weighted by Crippen LogP contribution is -2.19. The van der Waals surface area contributed by atoms with Gasteiger partial charge in [0.25, 0.3) is 0 Å². The van der Waals surface area contributed by atoms with Crippen LogP contribution in [0, 0.1) is 0 Å². The summed E-state index contributed by atoms with van der Waals surface area (Å²) in [4.78, 5) is 22.3. The van der Waals surface area contributed by atoms with Gasteiger partial charge < -0.3 is 10.4 Å². The molecule has 8 heteroatoms. The molecule has 0 spiro atoms. The summed E-state index contributed by atoms with van der Waals surface area (Å²) < 4.78 is 1.29. The number of anilines is 1. The fraction of sp³-hybridized carbons (Fsp3) is 0.182. The number of carboxylic acids is 1. The predicted octanol–water partition coefficient (Wildman–Crippen LogP) is -0.0611. The molecule has 0 fully saturated rings. The number of rotatable bonds is 5. The first-order valence-corrected chi connectivity index (χ1v) is 5.45. The third-order valence-electron chi connectivity index (χ3n) is 2.26. The van der Waals surface area contributed by atoms with E-state index < -0.39 is 5.97 Å². The van der Waals surface area contributed by atoms with E-state index in [1.807, 2.05) is 0 Å². The lowest BCUT2D eigenvalue weighted by atomic mass is 10.1. The maximum Gasteiger partial charge on any atom is 0.307 e. The minimum absolute atomic E-state index is 0.00381. The summed E-state index contributed by atoms with van der Waals surface area (Å²) in [5.41, 5.74) is 1.16. The number of benzene rings is 1. The summed E-state index contributed by atoms with van der Waals surface area (Å²) >= 11 is 0. The van der Waals surface area contributed by atoms with Crippen LogP contribution in [0.5, 0.6) is 0 Å². The second-order valence-electron chi connectivity index (χ2n) is 3.83. The molecule has 2 aromatic rings. The molecule has 1 amide bonds. The van der Waals surface area contributed by atoms with Gasteiger partial charge in [-0.15, -0.1) is 5.10 Å². The number of nitrogens with one attached hydrogen (secondary N) is 1. The van der Waals surface area contributed by atoms with E-state index in [9.17, 15) is 9.59 Å². The van der Waals surface area contributed by atoms with Gasteiger partial charge in [0.05, 0.1) is 6.42 Å². The van der Waals surface area contributed by atoms with Crippen LogP contribution < -0.4 is 5.32 Å². The number of aliphatic carboxylic acids is 1. The zero-order valence-corrected chi connectivity index (χ0v) is 9.85. The Morgan fingerprint density at radius 1 is 1.37 bits per heavy atom. The Balaban J connectivity index is 1.98. The molecule has 0 atom stereocenters. The van der Waals surface area contributed by atoms with Gasteiger partial charge in [-0.1, -0.05) is 12.1 Å². The van der Waals surface area contributed by atoms with Gasteiger partial charge in [-0.05, 0) is 28.1 Å². The molecule has 1 aromatic heterocycles. The van der Waals surface area contributed by atoms with E-state index in [0.29, 0.717) is 11.3 Å². The van der Waals surface area contributed by atoms with E-state index in [1.165, 1.54) is 11.0 Å². The van der Waals surface area contributed by atoms with E-state index in [-0.39, 0.29) is 18.9 Å². The van der Waals surface area contributed by atoms with Gasteiger partial charge in [0.1, 0.15) is 12.9 Å². The van der Waals surface area contributed by atoms with Crippen LogP contribution in [0.4, 0.5) is 5.69 Å². The molecule has 0 aliphatic rings. The minimum atomic E-state index is -0.919. The zero-order chi connectivity index (χ0) is 13.7. The van der Waals surface area contributed by atoms with Gasteiger partial charge in [-0.3, -0.25) is 9.59 Å². The topological polar surface area (TPSA) is 110 Å². The van der Waals surface area contributed by atoms with E-state index >= 15 is 0 Å². The van der Waals surface area contributed by atoms with Crippen molar-refractivity contribution in [1.29, 1.82) is 0 Å². The Bertz CT molecular complexity index is 582. The lowest BCUT2D eigenvalue weighted by molar-refractivity contribution is -0.136. The fourth-order valence-corrected chi connectivity index (χ4v) is 1.53. The van der Waals surface area contributed by atoms with Crippen molar-refractivity contribution < 1.29 is 14.7 Å². The van der Waals surface area contributed by atoms with Gasteiger partial charge in [-0.2, -0.15) is 0 Å². The third kappa shape index (κ3) is 3.87. The molecule has 0 unspecified atom stereocenters. The van der Waals surface area contributed by atoms with Crippen molar-refractivity contribution in [3.8, 4) is 0 Å². The second kappa shape index (κ2) is 5.71. The minimum Gasteiger partial charge on any atom is -0.481 e. The van der Waals surface area contributed by atoms with E-state index in [2.05, 4.69) is 20.8 Å². The number of aromatic nitrogens is 4. The molecule has 2 N–H and O–H groups in total. The second-order valence-corrected chi connectivity index (χ2v) is 3.83. The van der Waals surface area contributed by atoms with Crippen LogP contribution in [0.25, 0.3) is 0 Å². The van der Waals surface area contributed by atoms with Crippen molar-refractivity contribution in [2.75, 3.05) is 5.32 Å². The Labute approximate surface area is 108 Å². The van der Waals surface area contributed by atoms with Crippen molar-refractivity contribution in [2.45, 2.75) is 13.0 Å². The number of tetrazole rings is 1. The smallest absolute Gasteiger partial charge is 0.307 e. The standard InChI is InChI=1S/C11H11N5O3/c17-10(6-16-7-12-14-15-16)13-9-3-1-2-8(4-9)5-11(18)19/h1-4,7H,5-6H2,(H,13,17)(H,18,19). The highest BCUT2D eigenvalue weighted by Gasteiger charge is 2.06. The quantitative estimate of drug-likeness (QED) is 0.780. The molecule has 19 heavy (non-hydrogen) atoms. The molecular weight excluding hydrogens is 250 g/mol. The number of hydrogen-bond donors (Lipinski definition) is 2. The first-order valence-electron chi connectivity index (χ1n) is 5.45. The predicted molar refractivity (Wildman–Crippen MR) is 64.2 cm³/mol. The van der Waals surface area contributed by atoms with Gasteiger partial charge in [0.15, 0.2) is 0 Å². The van der Waals surface area contributed by atoms with Crippen LogP contribution in [0.2, 0.25) is 0 Å². The molecule has 1 heterocycles. The SMILES string of the molecule is O=C(O)Cc1cccc(NC(=O)Cn2cnnn2)c1. The number of nitrogens with zero attached hydrogens (tertiary/aromatic N) is 4. The fourth-order valence-electron chi connectivity index (χ4n) is 1.53. The molecule has 8 nitrogen and oxygen atoms in total. The molecule has 0 aliphatic heterocycles. The first-order chi connectivity index (χ1) is 9.13. The highest BCUT2D eigenvalue weighted by Crippen LogP contribution is 2.11. The average Bonchev–Trinajstić information content (AvgIpc) is 2.81. The van der Waals surface area contributed by atoms with Crippen molar-refractivity contribution in [1.82, 2.24) is 20.2 Å². The highest BCUT2D eigenvalue weighted by atomic mass is 16.4. The zero-order valence-electron chi connectivity index (χ0n) is 9.85. The van der Waals surface area contributed by atoms with Crippen LogP contribution >= 0.6 is 0 Å². The summed E-state index contributed by atoms with van der Waals surface area (Å²) in [5.74, 6) is -1.21. The number of hydrogen-bond acceptors (Lipinski definition) is 5. The van der Waals surface area contributed by atoms with Crippen LogP contribution in [0.3, 0.4) is 0 Å². The number of carbonyl (C=O) groups is 2. The number of carbonyl (C=O) groups excluding carboxylic acids is 1. The van der Waals surface area contributed by atoms with Crippen molar-refractivity contribution >= 4 is 17.6 Å². The first kappa shape index (κ1) is 12.7. The summed E-state index contributed by atoms with van der Waals surface area (Å²) in [6.07, 6.45) is 1.25. The van der Waals surface area contributed by atoms with Crippen LogP contribution in [-0.2, 0) is 22.6 Å². The average molecular weight is 261 g/mol. The Kier molecular flexibility index (Phi) is 3.81. The monoisotopic (exact) mass is 261 g/mol. The summed E-state index contributed by atoms with van der Waals surface area (Å²) in [6.45, 7) is -0.00381. The maximum absolute atomic E-state index is 11.7. The molecule has 0 radical (unpaired) electrons. The number of amides is 1. The van der Waals surface area contributed by atoms with E-state index in [1.54, 1.807) is 24.3 Å². The lowest BCUT2D eigenvalue weighted by Gasteiger charge is -2.06. The number of carboxylic acid groups (broad SMARTS) is 1. The van der Waals surface area contributed by atoms with Crippen molar-refractivity contribution in [2.24, 2.45) is 0 Å². The summed E-state index contributed by atoms with van der Waals surface area (Å²) in [6, 6.07) is 6.67. The maximum atomic E-state index is 11.7. The molecule has 0 saturated carbocycles. The molecule has 98 valence electrons. The molecule has 2 rings (SSSR count). The van der Waals surface area contributed by atoms with Gasteiger partial charge in [0, 0.05) is 5.69 Å². The normalized spacial score (nSPS) is 10.1. The van der Waals surface area contributed by atoms with Crippen LogP contribution in [-0.4, -0.2) is 37.2 Å². The van der Waals surface area contributed by atoms with Gasteiger partial charge >= 0.3 is 5.97 Å². The van der Waals surface area contributed by atoms with Crippen LogP contribution in [0.15, 0.2) is 30.6 Å². The third-order valence-corrected chi connectivity index (χ3v) is 2.26. The highest BCUT2D eigenvalue weighted by molar-refractivity contribution is 5.90. The van der Waals surface area contributed by atoms with Crippen molar-refractivity contribution in [3.05, 3.63) is 36.2 Å². The Morgan fingerprint density at radius 2 is 2.21 bits per heavy atom. The molecule has 0 aliphatic carbocycles. The molecule has 0 saturated heterocycles. The Hall–Kier alpha value is -2.77. The molecular formula is C11H11N5O3. The summed E-state index contributed by atoms with van der Waals surface area (Å²) in [7, 11) is 0. The van der Waals surface area contributed by atoms with Crippen molar-refractivity contribution in [3.63, 3.8) is 0 Å². The largest absolute Gasteiger partial charge is 0.481 e. The van der Waals surface area contributed by atoms with E-state index in [4.69, 9.17) is 5.11 Å². The van der Waals surface area contributed by atoms with E-state index in [0.717, 1.165) is 0 Å². The molecule has 0 bridgehead atoms. The van der Waals surface area contributed by atoms with Crippen LogP contribution in [0.1, 0.15) is 5.56 Å². The summed E-state index contributed by atoms with van der Waals surface area (Å²) in [5, 5.41) is 21.7. The molecule has 1 aromatic carbocycles.